The fourth-order valence-electron chi connectivity index (χ4n) is 2.88. The Morgan fingerprint density at radius 2 is 1.83 bits per heavy atom. The monoisotopic (exact) mass is 535 g/mol. The molecule has 0 fully saturated rings. The van der Waals surface area contributed by atoms with Gasteiger partial charge in [0.1, 0.15) is 0 Å². The topological polar surface area (TPSA) is 107 Å². The van der Waals surface area contributed by atoms with Crippen LogP contribution in [-0.4, -0.2) is 46.6 Å². The summed E-state index contributed by atoms with van der Waals surface area (Å²) in [6, 6.07) is 10.2. The number of halogens is 2. The molecule has 0 radical (unpaired) electrons. The van der Waals surface area contributed by atoms with Crippen molar-refractivity contribution in [3.8, 4) is 11.5 Å². The summed E-state index contributed by atoms with van der Waals surface area (Å²) in [5.74, 6) is 1.32. The molecule has 35 heavy (non-hydrogen) atoms. The number of amides is 2. The second kappa shape index (κ2) is 12.5. The van der Waals surface area contributed by atoms with Crippen LogP contribution >= 0.6 is 35.0 Å². The van der Waals surface area contributed by atoms with E-state index in [2.05, 4.69) is 20.8 Å². The predicted molar refractivity (Wildman–Crippen MR) is 137 cm³/mol. The Morgan fingerprint density at radius 3 is 2.54 bits per heavy atom. The highest BCUT2D eigenvalue weighted by Gasteiger charge is 2.13. The van der Waals surface area contributed by atoms with Crippen LogP contribution < -0.4 is 20.1 Å². The smallest absolute Gasteiger partial charge is 0.244 e. The third kappa shape index (κ3) is 7.38. The third-order valence-electron chi connectivity index (χ3n) is 4.72. The van der Waals surface area contributed by atoms with E-state index in [0.717, 1.165) is 5.56 Å². The molecule has 0 aliphatic rings. The Hall–Kier alpha value is -3.21. The summed E-state index contributed by atoms with van der Waals surface area (Å²) in [6.45, 7) is 0.175. The van der Waals surface area contributed by atoms with E-state index in [-0.39, 0.29) is 24.1 Å². The van der Waals surface area contributed by atoms with Gasteiger partial charge >= 0.3 is 0 Å². The van der Waals surface area contributed by atoms with E-state index in [4.69, 9.17) is 32.7 Å². The zero-order valence-corrected chi connectivity index (χ0v) is 21.5. The van der Waals surface area contributed by atoms with Crippen molar-refractivity contribution in [2.45, 2.75) is 11.7 Å². The minimum atomic E-state index is -0.294. The fourth-order valence-corrected chi connectivity index (χ4v) is 3.91. The summed E-state index contributed by atoms with van der Waals surface area (Å²) < 4.78 is 12.2. The Kier molecular flexibility index (Phi) is 9.41. The highest BCUT2D eigenvalue weighted by molar-refractivity contribution is 7.99. The van der Waals surface area contributed by atoms with Crippen molar-refractivity contribution >= 4 is 58.5 Å². The SMILES string of the molecule is COc1ccc(C=CC(=O)NCc2nnc(SCC(=O)Nc3ccc(Cl)c(Cl)c3)n2C)cc1OC. The lowest BCUT2D eigenvalue weighted by Crippen LogP contribution is -2.22. The maximum absolute atomic E-state index is 12.2. The van der Waals surface area contributed by atoms with Gasteiger partial charge in [0.15, 0.2) is 22.5 Å². The molecule has 0 atom stereocenters. The van der Waals surface area contributed by atoms with Gasteiger partial charge in [-0.05, 0) is 42.0 Å². The van der Waals surface area contributed by atoms with Gasteiger partial charge in [0.25, 0.3) is 0 Å². The van der Waals surface area contributed by atoms with Crippen LogP contribution in [-0.2, 0) is 23.2 Å². The molecule has 1 heterocycles. The van der Waals surface area contributed by atoms with Crippen LogP contribution in [0.15, 0.2) is 47.6 Å². The van der Waals surface area contributed by atoms with Crippen molar-refractivity contribution in [2.75, 3.05) is 25.3 Å². The van der Waals surface area contributed by atoms with E-state index in [1.54, 1.807) is 62.2 Å². The first-order valence-electron chi connectivity index (χ1n) is 10.2. The van der Waals surface area contributed by atoms with Crippen LogP contribution in [0.1, 0.15) is 11.4 Å². The molecule has 2 amide bonds. The first-order chi connectivity index (χ1) is 16.8. The third-order valence-corrected chi connectivity index (χ3v) is 6.48. The highest BCUT2D eigenvalue weighted by atomic mass is 35.5. The predicted octanol–water partition coefficient (Wildman–Crippen LogP) is 4.20. The summed E-state index contributed by atoms with van der Waals surface area (Å²) in [6.07, 6.45) is 3.09. The number of carbonyl (C=O) groups excluding carboxylic acids is 2. The molecule has 1 aromatic heterocycles. The van der Waals surface area contributed by atoms with E-state index < -0.39 is 0 Å². The molecule has 2 N–H and O–H groups in total. The van der Waals surface area contributed by atoms with Crippen molar-refractivity contribution in [2.24, 2.45) is 7.05 Å². The molecular weight excluding hydrogens is 513 g/mol. The number of carbonyl (C=O) groups is 2. The van der Waals surface area contributed by atoms with Gasteiger partial charge in [-0.15, -0.1) is 10.2 Å². The normalized spacial score (nSPS) is 10.9. The number of hydrogen-bond donors (Lipinski definition) is 2. The number of benzene rings is 2. The zero-order valence-electron chi connectivity index (χ0n) is 19.2. The lowest BCUT2D eigenvalue weighted by atomic mass is 10.2. The van der Waals surface area contributed by atoms with E-state index >= 15 is 0 Å². The molecule has 0 bridgehead atoms. The van der Waals surface area contributed by atoms with Crippen LogP contribution in [0.2, 0.25) is 10.0 Å². The van der Waals surface area contributed by atoms with E-state index in [0.29, 0.717) is 38.2 Å². The van der Waals surface area contributed by atoms with E-state index in [9.17, 15) is 9.59 Å². The highest BCUT2D eigenvalue weighted by Crippen LogP contribution is 2.28. The van der Waals surface area contributed by atoms with Crippen LogP contribution in [0.25, 0.3) is 6.08 Å². The molecule has 0 aliphatic carbocycles. The summed E-state index contributed by atoms with van der Waals surface area (Å²) in [5, 5.41) is 15.0. The minimum Gasteiger partial charge on any atom is -0.493 e. The molecule has 2 aromatic carbocycles. The van der Waals surface area contributed by atoms with Crippen molar-refractivity contribution in [3.05, 3.63) is 63.9 Å². The van der Waals surface area contributed by atoms with Gasteiger partial charge in [-0.25, -0.2) is 0 Å². The van der Waals surface area contributed by atoms with Gasteiger partial charge < -0.3 is 24.7 Å². The number of rotatable bonds is 10. The van der Waals surface area contributed by atoms with Gasteiger partial charge in [0.2, 0.25) is 11.8 Å². The molecule has 3 aromatic rings. The molecule has 0 spiro atoms. The maximum atomic E-state index is 12.2. The van der Waals surface area contributed by atoms with Gasteiger partial charge in [-0.1, -0.05) is 41.0 Å². The number of anilines is 1. The molecule has 0 saturated heterocycles. The second-order valence-corrected chi connectivity index (χ2v) is 8.85. The lowest BCUT2D eigenvalue weighted by molar-refractivity contribution is -0.116. The Morgan fingerprint density at radius 1 is 1.06 bits per heavy atom. The number of ether oxygens (including phenoxy) is 2. The van der Waals surface area contributed by atoms with Crippen LogP contribution in [0, 0.1) is 0 Å². The first-order valence-corrected chi connectivity index (χ1v) is 12.0. The molecule has 0 unspecified atom stereocenters. The van der Waals surface area contributed by atoms with Gasteiger partial charge in [0.05, 0.1) is 36.6 Å². The fraction of sp³-hybridized carbons (Fsp3) is 0.217. The van der Waals surface area contributed by atoms with Crippen LogP contribution in [0.4, 0.5) is 5.69 Å². The minimum absolute atomic E-state index is 0.118. The van der Waals surface area contributed by atoms with Gasteiger partial charge in [-0.2, -0.15) is 0 Å². The number of hydrogen-bond acceptors (Lipinski definition) is 7. The Bertz CT molecular complexity index is 1250. The summed E-state index contributed by atoms with van der Waals surface area (Å²) in [4.78, 5) is 24.5. The number of aromatic nitrogens is 3. The molecule has 184 valence electrons. The van der Waals surface area contributed by atoms with E-state index in [1.807, 2.05) is 6.07 Å². The quantitative estimate of drug-likeness (QED) is 0.296. The Balaban J connectivity index is 1.49. The molecule has 9 nitrogen and oxygen atoms in total. The van der Waals surface area contributed by atoms with Gasteiger partial charge in [0, 0.05) is 18.8 Å². The summed E-state index contributed by atoms with van der Waals surface area (Å²) >= 11 is 13.1. The molecule has 3 rings (SSSR count). The maximum Gasteiger partial charge on any atom is 0.244 e. The lowest BCUT2D eigenvalue weighted by Gasteiger charge is -2.07. The molecule has 12 heteroatoms. The van der Waals surface area contributed by atoms with E-state index in [1.165, 1.54) is 17.8 Å². The average Bonchev–Trinajstić information content (AvgIpc) is 3.21. The van der Waals surface area contributed by atoms with Crippen molar-refractivity contribution < 1.29 is 19.1 Å². The largest absolute Gasteiger partial charge is 0.493 e. The number of methoxy groups -OCH3 is 2. The van der Waals surface area contributed by atoms with Crippen LogP contribution in [0.3, 0.4) is 0 Å². The van der Waals surface area contributed by atoms with Crippen molar-refractivity contribution in [3.63, 3.8) is 0 Å². The van der Waals surface area contributed by atoms with Crippen LogP contribution in [0.5, 0.6) is 11.5 Å². The number of nitrogens with one attached hydrogen (secondary N) is 2. The Labute approximate surface area is 216 Å². The average molecular weight is 536 g/mol. The zero-order chi connectivity index (χ0) is 25.4. The number of nitrogens with zero attached hydrogens (tertiary/aromatic N) is 3. The molecule has 0 saturated carbocycles. The summed E-state index contributed by atoms with van der Waals surface area (Å²) in [5.41, 5.74) is 1.33. The summed E-state index contributed by atoms with van der Waals surface area (Å²) in [7, 11) is 4.87. The second-order valence-electron chi connectivity index (χ2n) is 7.09. The van der Waals surface area contributed by atoms with Gasteiger partial charge in [-0.3, -0.25) is 9.59 Å². The molecular formula is C23H23Cl2N5O4S. The van der Waals surface area contributed by atoms with Crippen molar-refractivity contribution in [1.29, 1.82) is 0 Å². The molecule has 0 aliphatic heterocycles. The standard InChI is InChI=1S/C23H23Cl2N5O4S/c1-30-20(12-26-21(31)9-5-14-4-8-18(33-2)19(10-14)34-3)28-29-23(30)35-13-22(32)27-15-6-7-16(24)17(25)11-15/h4-11H,12-13H2,1-3H3,(H,26,31)(H,27,32). The van der Waals surface area contributed by atoms with Crippen molar-refractivity contribution in [1.82, 2.24) is 20.1 Å². The first kappa shape index (κ1) is 26.4. The number of thioether (sulfide) groups is 1.